The minimum atomic E-state index is -0.423. The summed E-state index contributed by atoms with van der Waals surface area (Å²) in [5, 5.41) is 7.40. The van der Waals surface area contributed by atoms with Gasteiger partial charge in [0.05, 0.1) is 0 Å². The van der Waals surface area contributed by atoms with Crippen molar-refractivity contribution >= 4 is 6.03 Å². The van der Waals surface area contributed by atoms with E-state index in [2.05, 4.69) is 10.2 Å². The molecule has 2 rings (SSSR count). The minimum Gasteiger partial charge on any atom is -0.426 e. The Morgan fingerprint density at radius 2 is 2.50 bits per heavy atom. The zero-order valence-corrected chi connectivity index (χ0v) is 7.72. The van der Waals surface area contributed by atoms with E-state index in [1.807, 2.05) is 0 Å². The number of carbonyl (C=O) groups excluding carboxylic acids is 1. The van der Waals surface area contributed by atoms with E-state index in [0.717, 1.165) is 19.3 Å². The Labute approximate surface area is 81.1 Å². The van der Waals surface area contributed by atoms with E-state index in [0.29, 0.717) is 12.4 Å². The van der Waals surface area contributed by atoms with Crippen LogP contribution < -0.4 is 5.73 Å². The smallest absolute Gasteiger partial charge is 0.315 e. The quantitative estimate of drug-likeness (QED) is 0.715. The van der Waals surface area contributed by atoms with Gasteiger partial charge in [0.25, 0.3) is 0 Å². The summed E-state index contributed by atoms with van der Waals surface area (Å²) in [6, 6.07) is -0.559. The first kappa shape index (κ1) is 8.98. The van der Waals surface area contributed by atoms with Crippen molar-refractivity contribution in [2.75, 3.05) is 6.54 Å². The predicted molar refractivity (Wildman–Crippen MR) is 47.2 cm³/mol. The van der Waals surface area contributed by atoms with Crippen LogP contribution in [0.1, 0.15) is 31.2 Å². The molecule has 0 bridgehead atoms. The molecule has 1 saturated heterocycles. The number of piperidine rings is 1. The lowest BCUT2D eigenvalue weighted by molar-refractivity contribution is 0.144. The number of hydrogen-bond acceptors (Lipinski definition) is 4. The van der Waals surface area contributed by atoms with Crippen LogP contribution in [0, 0.1) is 0 Å². The van der Waals surface area contributed by atoms with Gasteiger partial charge in [0.2, 0.25) is 12.3 Å². The summed E-state index contributed by atoms with van der Waals surface area (Å²) in [5.41, 5.74) is 5.26. The molecule has 2 N–H and O–H groups in total. The fourth-order valence-corrected chi connectivity index (χ4v) is 1.78. The molecule has 6 heteroatoms. The molecule has 1 aromatic heterocycles. The molecule has 1 fully saturated rings. The van der Waals surface area contributed by atoms with Gasteiger partial charge < -0.3 is 15.1 Å². The van der Waals surface area contributed by atoms with Crippen LogP contribution in [0.2, 0.25) is 0 Å². The number of urea groups is 1. The number of primary amides is 1. The van der Waals surface area contributed by atoms with Gasteiger partial charge in [0.1, 0.15) is 6.04 Å². The van der Waals surface area contributed by atoms with Crippen molar-refractivity contribution < 1.29 is 9.21 Å². The second-order valence-electron chi connectivity index (χ2n) is 3.32. The Balaban J connectivity index is 2.18. The normalized spacial score (nSPS) is 22.3. The third-order valence-corrected chi connectivity index (χ3v) is 2.45. The Kier molecular flexibility index (Phi) is 2.34. The first-order chi connectivity index (χ1) is 6.79. The summed E-state index contributed by atoms with van der Waals surface area (Å²) in [5.74, 6) is 0.475. The first-order valence-electron chi connectivity index (χ1n) is 4.61. The van der Waals surface area contributed by atoms with Crippen molar-refractivity contribution in [2.24, 2.45) is 5.73 Å². The topological polar surface area (TPSA) is 85.3 Å². The summed E-state index contributed by atoms with van der Waals surface area (Å²) in [7, 11) is 0. The highest BCUT2D eigenvalue weighted by Gasteiger charge is 2.29. The van der Waals surface area contributed by atoms with Crippen molar-refractivity contribution in [1.29, 1.82) is 0 Å². The Bertz CT molecular complexity index is 311. The van der Waals surface area contributed by atoms with Gasteiger partial charge in [0, 0.05) is 6.54 Å². The van der Waals surface area contributed by atoms with Gasteiger partial charge in [-0.05, 0) is 19.3 Å². The number of rotatable bonds is 1. The van der Waals surface area contributed by atoms with E-state index < -0.39 is 6.03 Å². The molecular formula is C8H12N4O2. The zero-order valence-electron chi connectivity index (χ0n) is 7.72. The monoisotopic (exact) mass is 196 g/mol. The molecule has 1 aliphatic rings. The lowest BCUT2D eigenvalue weighted by atomic mass is 10.0. The van der Waals surface area contributed by atoms with Crippen molar-refractivity contribution in [1.82, 2.24) is 15.1 Å². The third-order valence-electron chi connectivity index (χ3n) is 2.45. The molecule has 1 unspecified atom stereocenters. The predicted octanol–water partition coefficient (Wildman–Crippen LogP) is 0.675. The van der Waals surface area contributed by atoms with E-state index >= 15 is 0 Å². The number of amides is 2. The average molecular weight is 196 g/mol. The molecule has 1 aromatic rings. The molecule has 2 heterocycles. The van der Waals surface area contributed by atoms with E-state index in [4.69, 9.17) is 10.2 Å². The molecule has 1 atom stereocenters. The second kappa shape index (κ2) is 3.65. The van der Waals surface area contributed by atoms with Crippen molar-refractivity contribution in [3.63, 3.8) is 0 Å². The lowest BCUT2D eigenvalue weighted by Gasteiger charge is -2.31. The summed E-state index contributed by atoms with van der Waals surface area (Å²) in [6.07, 6.45) is 4.14. The molecule has 0 radical (unpaired) electrons. The SMILES string of the molecule is NC(=O)N1CCCCC1c1nnco1. The number of carbonyl (C=O) groups is 1. The standard InChI is InChI=1S/C8H12N4O2/c9-8(13)12-4-2-1-3-6(12)7-11-10-5-14-7/h5-6H,1-4H2,(H2,9,13). The zero-order chi connectivity index (χ0) is 9.97. The van der Waals surface area contributed by atoms with Crippen LogP contribution in [0.15, 0.2) is 10.8 Å². The number of nitrogens with two attached hydrogens (primary N) is 1. The Hall–Kier alpha value is -1.59. The van der Waals surface area contributed by atoms with Crippen LogP contribution in [-0.2, 0) is 0 Å². The van der Waals surface area contributed by atoms with Gasteiger partial charge in [-0.1, -0.05) is 0 Å². The summed E-state index contributed by atoms with van der Waals surface area (Å²) in [4.78, 5) is 12.7. The molecule has 0 spiro atoms. The lowest BCUT2D eigenvalue weighted by Crippen LogP contribution is -2.41. The molecule has 6 nitrogen and oxygen atoms in total. The molecule has 1 aliphatic heterocycles. The third kappa shape index (κ3) is 1.55. The van der Waals surface area contributed by atoms with Gasteiger partial charge in [-0.3, -0.25) is 0 Å². The van der Waals surface area contributed by atoms with Crippen LogP contribution in [0.4, 0.5) is 4.79 Å². The molecule has 0 saturated carbocycles. The summed E-state index contributed by atoms with van der Waals surface area (Å²) in [6.45, 7) is 0.669. The fraction of sp³-hybridized carbons (Fsp3) is 0.625. The van der Waals surface area contributed by atoms with Crippen LogP contribution in [0.5, 0.6) is 0 Å². The van der Waals surface area contributed by atoms with Crippen LogP contribution >= 0.6 is 0 Å². The van der Waals surface area contributed by atoms with Gasteiger partial charge in [0.15, 0.2) is 0 Å². The maximum atomic E-state index is 11.1. The van der Waals surface area contributed by atoms with Crippen LogP contribution in [0.25, 0.3) is 0 Å². The van der Waals surface area contributed by atoms with Crippen molar-refractivity contribution in [3.05, 3.63) is 12.3 Å². The van der Waals surface area contributed by atoms with Crippen LogP contribution in [-0.4, -0.2) is 27.7 Å². The molecule has 2 amide bonds. The maximum absolute atomic E-state index is 11.1. The van der Waals surface area contributed by atoms with Gasteiger partial charge in [-0.15, -0.1) is 10.2 Å². The number of aromatic nitrogens is 2. The largest absolute Gasteiger partial charge is 0.426 e. The fourth-order valence-electron chi connectivity index (χ4n) is 1.78. The number of hydrogen-bond donors (Lipinski definition) is 1. The summed E-state index contributed by atoms with van der Waals surface area (Å²) < 4.78 is 5.08. The molecule has 0 aliphatic carbocycles. The number of likely N-dealkylation sites (tertiary alicyclic amines) is 1. The highest BCUT2D eigenvalue weighted by Crippen LogP contribution is 2.28. The highest BCUT2D eigenvalue weighted by molar-refractivity contribution is 5.72. The van der Waals surface area contributed by atoms with E-state index in [1.165, 1.54) is 6.39 Å². The first-order valence-corrected chi connectivity index (χ1v) is 4.61. The molecule has 14 heavy (non-hydrogen) atoms. The van der Waals surface area contributed by atoms with Gasteiger partial charge in [-0.2, -0.15) is 0 Å². The molecule has 0 aromatic carbocycles. The van der Waals surface area contributed by atoms with Crippen molar-refractivity contribution in [2.45, 2.75) is 25.3 Å². The van der Waals surface area contributed by atoms with Gasteiger partial charge >= 0.3 is 6.03 Å². The second-order valence-corrected chi connectivity index (χ2v) is 3.32. The highest BCUT2D eigenvalue weighted by atomic mass is 16.4. The van der Waals surface area contributed by atoms with Gasteiger partial charge in [-0.25, -0.2) is 4.79 Å². The van der Waals surface area contributed by atoms with E-state index in [-0.39, 0.29) is 6.04 Å². The number of nitrogens with zero attached hydrogens (tertiary/aromatic N) is 3. The van der Waals surface area contributed by atoms with E-state index in [9.17, 15) is 4.79 Å². The van der Waals surface area contributed by atoms with Crippen LogP contribution in [0.3, 0.4) is 0 Å². The Morgan fingerprint density at radius 3 is 3.14 bits per heavy atom. The maximum Gasteiger partial charge on any atom is 0.315 e. The molecular weight excluding hydrogens is 184 g/mol. The minimum absolute atomic E-state index is 0.135. The molecule has 76 valence electrons. The van der Waals surface area contributed by atoms with E-state index in [1.54, 1.807) is 4.90 Å². The average Bonchev–Trinajstić information content (AvgIpc) is 2.70. The van der Waals surface area contributed by atoms with Crippen molar-refractivity contribution in [3.8, 4) is 0 Å². The Morgan fingerprint density at radius 1 is 1.64 bits per heavy atom. The summed E-state index contributed by atoms with van der Waals surface area (Å²) >= 11 is 0.